The molecule has 1 N–H and O–H groups in total. The van der Waals surface area contributed by atoms with Gasteiger partial charge in [-0.25, -0.2) is 13.8 Å². The molecule has 0 aliphatic heterocycles. The van der Waals surface area contributed by atoms with E-state index >= 15 is 0 Å². The van der Waals surface area contributed by atoms with Crippen LogP contribution in [0.2, 0.25) is 0 Å². The average molecular weight is 368 g/mol. The van der Waals surface area contributed by atoms with E-state index in [1.807, 2.05) is 30.3 Å². The average Bonchev–Trinajstić information content (AvgIpc) is 3.11. The second-order valence-electron chi connectivity index (χ2n) is 5.45. The number of sulfone groups is 1. The molecule has 3 rings (SSSR count). The van der Waals surface area contributed by atoms with Crippen molar-refractivity contribution in [1.29, 1.82) is 0 Å². The monoisotopic (exact) mass is 368 g/mol. The van der Waals surface area contributed by atoms with Crippen LogP contribution in [-0.4, -0.2) is 20.5 Å². The van der Waals surface area contributed by atoms with E-state index in [4.69, 9.17) is 4.42 Å². The Labute approximate surface area is 151 Å². The summed E-state index contributed by atoms with van der Waals surface area (Å²) in [6.07, 6.45) is 1.50. The van der Waals surface area contributed by atoms with Crippen molar-refractivity contribution in [2.24, 2.45) is 5.10 Å². The number of furan rings is 1. The van der Waals surface area contributed by atoms with Crippen LogP contribution in [0.5, 0.6) is 0 Å². The lowest BCUT2D eigenvalue weighted by atomic mass is 10.2. The summed E-state index contributed by atoms with van der Waals surface area (Å²) in [5.41, 5.74) is 3.18. The second-order valence-corrected chi connectivity index (χ2v) is 7.44. The first-order chi connectivity index (χ1) is 12.5. The quantitative estimate of drug-likeness (QED) is 0.535. The topological polar surface area (TPSA) is 88.7 Å². The molecule has 0 aliphatic carbocycles. The fraction of sp³-hybridized carbons (Fsp3) is 0.0526. The third-order valence-corrected chi connectivity index (χ3v) is 5.15. The Balaban J connectivity index is 1.64. The lowest BCUT2D eigenvalue weighted by Gasteiger charge is -2.02. The molecule has 0 saturated heterocycles. The molecule has 1 heterocycles. The van der Waals surface area contributed by atoms with E-state index in [0.29, 0.717) is 0 Å². The SMILES string of the molecule is O=C(N/N=C\c1ccccc1)c1ccc(CS(=O)(=O)c2ccccc2)o1. The Bertz CT molecular complexity index is 1010. The molecule has 0 bridgehead atoms. The molecule has 6 nitrogen and oxygen atoms in total. The van der Waals surface area contributed by atoms with Gasteiger partial charge in [0.15, 0.2) is 15.6 Å². The van der Waals surface area contributed by atoms with Gasteiger partial charge in [0.25, 0.3) is 0 Å². The van der Waals surface area contributed by atoms with E-state index in [-0.39, 0.29) is 22.2 Å². The van der Waals surface area contributed by atoms with Crippen molar-refractivity contribution in [3.8, 4) is 0 Å². The first-order valence-corrected chi connectivity index (χ1v) is 9.45. The van der Waals surface area contributed by atoms with Crippen molar-refractivity contribution in [2.45, 2.75) is 10.6 Å². The molecular formula is C19H16N2O4S. The molecule has 0 fully saturated rings. The summed E-state index contributed by atoms with van der Waals surface area (Å²) in [4.78, 5) is 12.2. The highest BCUT2D eigenvalue weighted by Crippen LogP contribution is 2.18. The molecule has 0 radical (unpaired) electrons. The maximum atomic E-state index is 12.3. The molecular weight excluding hydrogens is 352 g/mol. The molecule has 3 aromatic rings. The predicted molar refractivity (Wildman–Crippen MR) is 97.5 cm³/mol. The van der Waals surface area contributed by atoms with Crippen molar-refractivity contribution < 1.29 is 17.6 Å². The summed E-state index contributed by atoms with van der Waals surface area (Å²) in [5, 5.41) is 3.85. The minimum atomic E-state index is -3.53. The molecule has 132 valence electrons. The van der Waals surface area contributed by atoms with Crippen LogP contribution in [-0.2, 0) is 15.6 Å². The van der Waals surface area contributed by atoms with Crippen LogP contribution in [0, 0.1) is 0 Å². The number of hydrogen-bond acceptors (Lipinski definition) is 5. The van der Waals surface area contributed by atoms with E-state index in [2.05, 4.69) is 10.5 Å². The Hall–Kier alpha value is -3.19. The van der Waals surface area contributed by atoms with Gasteiger partial charge in [0.2, 0.25) is 0 Å². The predicted octanol–water partition coefficient (Wildman–Crippen LogP) is 3.02. The van der Waals surface area contributed by atoms with E-state index < -0.39 is 15.7 Å². The smallest absolute Gasteiger partial charge is 0.307 e. The van der Waals surface area contributed by atoms with Gasteiger partial charge >= 0.3 is 5.91 Å². The van der Waals surface area contributed by atoms with Gasteiger partial charge in [0, 0.05) is 0 Å². The molecule has 0 aliphatic rings. The summed E-state index contributed by atoms with van der Waals surface area (Å²) in [7, 11) is -3.53. The fourth-order valence-corrected chi connectivity index (χ4v) is 3.50. The Kier molecular flexibility index (Phi) is 5.28. The van der Waals surface area contributed by atoms with Crippen LogP contribution in [0.3, 0.4) is 0 Å². The first kappa shape index (κ1) is 17.6. The van der Waals surface area contributed by atoms with Gasteiger partial charge in [-0.15, -0.1) is 0 Å². The number of rotatable bonds is 6. The Morgan fingerprint density at radius 1 is 0.962 bits per heavy atom. The van der Waals surface area contributed by atoms with E-state index in [1.54, 1.807) is 18.2 Å². The third-order valence-electron chi connectivity index (χ3n) is 3.50. The van der Waals surface area contributed by atoms with Crippen molar-refractivity contribution in [2.75, 3.05) is 0 Å². The summed E-state index contributed by atoms with van der Waals surface area (Å²) in [6.45, 7) is 0. The molecule has 0 saturated carbocycles. The van der Waals surface area contributed by atoms with Crippen LogP contribution in [0.1, 0.15) is 21.9 Å². The molecule has 7 heteroatoms. The zero-order chi connectivity index (χ0) is 18.4. The van der Waals surface area contributed by atoms with Gasteiger partial charge in [-0.05, 0) is 29.8 Å². The summed E-state index contributed by atoms with van der Waals surface area (Å²) in [5.74, 6) is -0.697. The van der Waals surface area contributed by atoms with Gasteiger partial charge in [-0.2, -0.15) is 5.10 Å². The Morgan fingerprint density at radius 3 is 2.31 bits per heavy atom. The highest BCUT2D eigenvalue weighted by Gasteiger charge is 2.19. The van der Waals surface area contributed by atoms with Crippen molar-refractivity contribution in [3.05, 3.63) is 89.9 Å². The van der Waals surface area contributed by atoms with Crippen LogP contribution in [0.4, 0.5) is 0 Å². The van der Waals surface area contributed by atoms with Crippen molar-refractivity contribution >= 4 is 22.0 Å². The zero-order valence-electron chi connectivity index (χ0n) is 13.7. The van der Waals surface area contributed by atoms with E-state index in [1.165, 1.54) is 30.5 Å². The van der Waals surface area contributed by atoms with Crippen LogP contribution >= 0.6 is 0 Å². The molecule has 26 heavy (non-hydrogen) atoms. The zero-order valence-corrected chi connectivity index (χ0v) is 14.5. The Morgan fingerprint density at radius 2 is 1.62 bits per heavy atom. The molecule has 1 amide bonds. The highest BCUT2D eigenvalue weighted by molar-refractivity contribution is 7.90. The standard InChI is InChI=1S/C19H16N2O4S/c22-19(21-20-13-15-7-3-1-4-8-15)18-12-11-16(25-18)14-26(23,24)17-9-5-2-6-10-17/h1-13H,14H2,(H,21,22)/b20-13-. The van der Waals surface area contributed by atoms with Crippen LogP contribution in [0.25, 0.3) is 0 Å². The lowest BCUT2D eigenvalue weighted by Crippen LogP contribution is -2.16. The number of hydrogen-bond donors (Lipinski definition) is 1. The molecule has 2 aromatic carbocycles. The van der Waals surface area contributed by atoms with Crippen LogP contribution < -0.4 is 5.43 Å². The number of carbonyl (C=O) groups excluding carboxylic acids is 1. The largest absolute Gasteiger partial charge is 0.455 e. The third kappa shape index (κ3) is 4.46. The summed E-state index contributed by atoms with van der Waals surface area (Å²) >= 11 is 0. The molecule has 0 unspecified atom stereocenters. The molecule has 1 aromatic heterocycles. The number of hydrazone groups is 1. The number of nitrogens with one attached hydrogen (secondary N) is 1. The minimum Gasteiger partial charge on any atom is -0.455 e. The van der Waals surface area contributed by atoms with Crippen molar-refractivity contribution in [1.82, 2.24) is 5.43 Å². The fourth-order valence-electron chi connectivity index (χ4n) is 2.24. The lowest BCUT2D eigenvalue weighted by molar-refractivity contribution is 0.0926. The first-order valence-electron chi connectivity index (χ1n) is 7.79. The summed E-state index contributed by atoms with van der Waals surface area (Å²) in [6, 6.07) is 20.2. The maximum Gasteiger partial charge on any atom is 0.307 e. The van der Waals surface area contributed by atoms with Gasteiger partial charge in [0.05, 0.1) is 11.1 Å². The second kappa shape index (κ2) is 7.79. The highest BCUT2D eigenvalue weighted by atomic mass is 32.2. The van der Waals surface area contributed by atoms with Gasteiger partial charge in [-0.1, -0.05) is 48.5 Å². The van der Waals surface area contributed by atoms with Crippen LogP contribution in [0.15, 0.2) is 87.2 Å². The van der Waals surface area contributed by atoms with E-state index in [0.717, 1.165) is 5.56 Å². The molecule has 0 atom stereocenters. The number of benzene rings is 2. The van der Waals surface area contributed by atoms with Gasteiger partial charge in [0.1, 0.15) is 11.5 Å². The normalized spacial score (nSPS) is 11.5. The summed E-state index contributed by atoms with van der Waals surface area (Å²) < 4.78 is 30.0. The minimum absolute atomic E-state index is 0.00604. The number of nitrogens with zero attached hydrogens (tertiary/aromatic N) is 1. The van der Waals surface area contributed by atoms with E-state index in [9.17, 15) is 13.2 Å². The molecule has 0 spiro atoms. The maximum absolute atomic E-state index is 12.3. The van der Waals surface area contributed by atoms with Crippen molar-refractivity contribution in [3.63, 3.8) is 0 Å². The number of amides is 1. The number of carbonyl (C=O) groups is 1. The van der Waals surface area contributed by atoms with Gasteiger partial charge in [-0.3, -0.25) is 4.79 Å². The van der Waals surface area contributed by atoms with Gasteiger partial charge < -0.3 is 4.42 Å².